The zero-order chi connectivity index (χ0) is 19.8. The highest BCUT2D eigenvalue weighted by molar-refractivity contribution is 6.30. The first kappa shape index (κ1) is 17.2. The zero-order valence-electron chi connectivity index (χ0n) is 14.9. The molecule has 6 rings (SSSR count). The van der Waals surface area contributed by atoms with Gasteiger partial charge < -0.3 is 9.47 Å². The molecule has 2 aromatic carbocycles. The highest BCUT2D eigenvalue weighted by Gasteiger charge is 2.77. The highest BCUT2D eigenvalue weighted by Crippen LogP contribution is 2.69. The van der Waals surface area contributed by atoms with Crippen molar-refractivity contribution in [3.05, 3.63) is 82.4 Å². The van der Waals surface area contributed by atoms with Crippen LogP contribution in [0.15, 0.2) is 55.1 Å². The van der Waals surface area contributed by atoms with Crippen LogP contribution in [0.1, 0.15) is 35.1 Å². The van der Waals surface area contributed by atoms with E-state index in [0.29, 0.717) is 16.1 Å². The number of carbonyl (C=O) groups is 3. The second-order valence-corrected chi connectivity index (χ2v) is 7.93. The number of rotatable bonds is 2. The van der Waals surface area contributed by atoms with Crippen molar-refractivity contribution in [1.29, 1.82) is 0 Å². The fourth-order valence-corrected chi connectivity index (χ4v) is 5.46. The molecule has 28 heavy (non-hydrogen) atoms. The van der Waals surface area contributed by atoms with Crippen LogP contribution in [0.5, 0.6) is 0 Å². The van der Waals surface area contributed by atoms with Gasteiger partial charge in [0.2, 0.25) is 0 Å². The maximum atomic E-state index is 13.0. The van der Waals surface area contributed by atoms with Crippen LogP contribution in [-0.2, 0) is 29.5 Å². The zero-order valence-corrected chi connectivity index (χ0v) is 15.7. The van der Waals surface area contributed by atoms with E-state index >= 15 is 0 Å². The van der Waals surface area contributed by atoms with Gasteiger partial charge in [0.25, 0.3) is 0 Å². The molecule has 1 saturated heterocycles. The lowest BCUT2D eigenvalue weighted by atomic mass is 9.46. The number of ether oxygens (including phenoxy) is 2. The van der Waals surface area contributed by atoms with E-state index in [2.05, 4.69) is 6.58 Å². The summed E-state index contributed by atoms with van der Waals surface area (Å²) in [5, 5.41) is 0.440. The molecule has 0 aromatic heterocycles. The minimum atomic E-state index is -1.54. The lowest BCUT2D eigenvalue weighted by Crippen LogP contribution is -2.62. The van der Waals surface area contributed by atoms with Crippen LogP contribution in [0.2, 0.25) is 5.02 Å². The molecule has 0 saturated carbocycles. The van der Waals surface area contributed by atoms with E-state index in [-0.39, 0.29) is 0 Å². The highest BCUT2D eigenvalue weighted by atomic mass is 35.5. The van der Waals surface area contributed by atoms with Gasteiger partial charge in [-0.3, -0.25) is 9.59 Å². The van der Waals surface area contributed by atoms with Crippen molar-refractivity contribution in [2.24, 2.45) is 11.3 Å². The van der Waals surface area contributed by atoms with Gasteiger partial charge in [-0.05, 0) is 30.2 Å². The predicted molar refractivity (Wildman–Crippen MR) is 99.5 cm³/mol. The molecule has 2 aromatic rings. The quantitative estimate of drug-likeness (QED) is 0.443. The van der Waals surface area contributed by atoms with E-state index in [1.165, 1.54) is 0 Å². The smallest absolute Gasteiger partial charge is 0.331 e. The molecule has 4 atom stereocenters. The first-order valence-electron chi connectivity index (χ1n) is 8.87. The summed E-state index contributed by atoms with van der Waals surface area (Å²) in [6.07, 6.45) is 1.04. The van der Waals surface area contributed by atoms with E-state index in [9.17, 15) is 14.4 Å². The Labute approximate surface area is 165 Å². The molecule has 1 aliphatic heterocycles. The Morgan fingerprint density at radius 1 is 1.18 bits per heavy atom. The Kier molecular flexibility index (Phi) is 3.27. The molecular weight excluding hydrogens is 380 g/mol. The summed E-state index contributed by atoms with van der Waals surface area (Å²) >= 11 is 6.28. The number of cyclic esters (lactones) is 2. The Morgan fingerprint density at radius 3 is 2.64 bits per heavy atom. The van der Waals surface area contributed by atoms with Crippen LogP contribution >= 0.6 is 11.6 Å². The minimum absolute atomic E-state index is 0.392. The van der Waals surface area contributed by atoms with Crippen molar-refractivity contribution >= 4 is 29.5 Å². The summed E-state index contributed by atoms with van der Waals surface area (Å²) in [6, 6.07) is 12.6. The molecule has 2 bridgehead atoms. The molecule has 4 unspecified atom stereocenters. The Bertz CT molecular complexity index is 1110. The number of halogens is 1. The molecule has 0 amide bonds. The number of hydrogen-bond acceptors (Lipinski definition) is 5. The fraction of sp³-hybridized carbons (Fsp3) is 0.227. The third-order valence-electron chi connectivity index (χ3n) is 6.38. The van der Waals surface area contributed by atoms with Crippen LogP contribution in [0.4, 0.5) is 0 Å². The molecule has 6 heteroatoms. The van der Waals surface area contributed by atoms with Crippen LogP contribution in [0, 0.1) is 11.3 Å². The van der Waals surface area contributed by atoms with Gasteiger partial charge in [0.1, 0.15) is 5.41 Å². The van der Waals surface area contributed by atoms with Crippen molar-refractivity contribution in [3.63, 3.8) is 0 Å². The molecule has 1 fully saturated rings. The summed E-state index contributed by atoms with van der Waals surface area (Å²) in [4.78, 5) is 38.3. The summed E-state index contributed by atoms with van der Waals surface area (Å²) in [6.45, 7) is 5.13. The summed E-state index contributed by atoms with van der Waals surface area (Å²) in [7, 11) is 0. The summed E-state index contributed by atoms with van der Waals surface area (Å²) in [5.74, 6) is -3.21. The summed E-state index contributed by atoms with van der Waals surface area (Å²) in [5.41, 5.74) is -0.0610. The van der Waals surface area contributed by atoms with Crippen molar-refractivity contribution in [3.8, 4) is 0 Å². The third-order valence-corrected chi connectivity index (χ3v) is 6.62. The van der Waals surface area contributed by atoms with Crippen LogP contribution in [0.3, 0.4) is 0 Å². The predicted octanol–water partition coefficient (Wildman–Crippen LogP) is 3.48. The maximum absolute atomic E-state index is 13.0. The van der Waals surface area contributed by atoms with Gasteiger partial charge in [-0.2, -0.15) is 0 Å². The molecule has 1 heterocycles. The first-order valence-corrected chi connectivity index (χ1v) is 9.25. The Balaban J connectivity index is 1.98. The van der Waals surface area contributed by atoms with E-state index in [0.717, 1.165) is 17.2 Å². The van der Waals surface area contributed by atoms with Gasteiger partial charge in [-0.25, -0.2) is 4.79 Å². The molecule has 3 aliphatic carbocycles. The molecule has 5 nitrogen and oxygen atoms in total. The average molecular weight is 395 g/mol. The second-order valence-electron chi connectivity index (χ2n) is 7.49. The average Bonchev–Trinajstić information content (AvgIpc) is 2.92. The van der Waals surface area contributed by atoms with Crippen LogP contribution < -0.4 is 0 Å². The molecule has 0 radical (unpaired) electrons. The largest absolute Gasteiger partial charge is 0.445 e. The topological polar surface area (TPSA) is 69.7 Å². The number of benzene rings is 2. The van der Waals surface area contributed by atoms with Gasteiger partial charge >= 0.3 is 17.9 Å². The van der Waals surface area contributed by atoms with Crippen LogP contribution in [0.25, 0.3) is 0 Å². The van der Waals surface area contributed by atoms with Crippen molar-refractivity contribution in [2.75, 3.05) is 0 Å². The first-order chi connectivity index (χ1) is 13.4. The van der Waals surface area contributed by atoms with Gasteiger partial charge in [0.05, 0.1) is 5.92 Å². The standard InChI is InChI=1S/C22H15ClO5/c1-3-16(24)28-22-14-7-5-4-6-12(14)17(13-9-8-11(23)10-15(13)22)18-19(25)27-20(26)21(18,22)2/h3-10,17-18H,1H2,2H3. The van der Waals surface area contributed by atoms with E-state index in [4.69, 9.17) is 21.1 Å². The number of carbonyl (C=O) groups excluding carboxylic acids is 3. The molecule has 0 spiro atoms. The lowest BCUT2D eigenvalue weighted by Gasteiger charge is -2.57. The third kappa shape index (κ3) is 1.71. The van der Waals surface area contributed by atoms with Crippen molar-refractivity contribution < 1.29 is 23.9 Å². The molecule has 4 aliphatic rings. The summed E-state index contributed by atoms with van der Waals surface area (Å²) < 4.78 is 11.1. The molecule has 0 N–H and O–H groups in total. The number of esters is 3. The SMILES string of the molecule is C=CC(=O)OC12c3ccccc3C(c3ccc(Cl)cc31)C1C(=O)OC(=O)C12C. The fourth-order valence-electron chi connectivity index (χ4n) is 5.29. The normalized spacial score (nSPS) is 31.5. The Hall–Kier alpha value is -2.92. The van der Waals surface area contributed by atoms with E-state index in [1.807, 2.05) is 30.3 Å². The monoisotopic (exact) mass is 394 g/mol. The van der Waals surface area contributed by atoms with Crippen molar-refractivity contribution in [2.45, 2.75) is 18.4 Å². The van der Waals surface area contributed by atoms with E-state index in [1.54, 1.807) is 19.1 Å². The number of hydrogen-bond donors (Lipinski definition) is 0. The molecule has 140 valence electrons. The van der Waals surface area contributed by atoms with Gasteiger partial charge in [0.15, 0.2) is 5.60 Å². The Morgan fingerprint density at radius 2 is 1.89 bits per heavy atom. The van der Waals surface area contributed by atoms with E-state index < -0.39 is 40.8 Å². The van der Waals surface area contributed by atoms with Crippen LogP contribution in [-0.4, -0.2) is 17.9 Å². The second kappa shape index (κ2) is 5.32. The van der Waals surface area contributed by atoms with Gasteiger partial charge in [-0.15, -0.1) is 0 Å². The molecular formula is C22H15ClO5. The maximum Gasteiger partial charge on any atom is 0.331 e. The lowest BCUT2D eigenvalue weighted by molar-refractivity contribution is -0.181. The van der Waals surface area contributed by atoms with Gasteiger partial charge in [0, 0.05) is 28.1 Å². The van der Waals surface area contributed by atoms with Crippen molar-refractivity contribution in [1.82, 2.24) is 0 Å². The van der Waals surface area contributed by atoms with Gasteiger partial charge in [-0.1, -0.05) is 48.5 Å². The minimum Gasteiger partial charge on any atom is -0.445 e.